The highest BCUT2D eigenvalue weighted by Crippen LogP contribution is 2.33. The molecule has 2 rings (SSSR count). The topological polar surface area (TPSA) is 54.0 Å². The molecular formula is C21H21F3O5S. The summed E-state index contributed by atoms with van der Waals surface area (Å²) in [7, 11) is 2.77. The number of thioether (sulfide) groups is 1. The first-order valence-corrected chi connectivity index (χ1v) is 9.68. The van der Waals surface area contributed by atoms with Crippen molar-refractivity contribution in [2.24, 2.45) is 0 Å². The second-order valence-electron chi connectivity index (χ2n) is 6.03. The molecule has 2 aromatic carbocycles. The van der Waals surface area contributed by atoms with Crippen LogP contribution in [0.25, 0.3) is 0 Å². The zero-order valence-electron chi connectivity index (χ0n) is 16.5. The molecule has 0 atom stereocenters. The summed E-state index contributed by atoms with van der Waals surface area (Å²) in [4.78, 5) is 12.1. The molecule has 0 spiro atoms. The molecule has 0 aromatic heterocycles. The summed E-state index contributed by atoms with van der Waals surface area (Å²) in [5, 5.41) is 0. The van der Waals surface area contributed by atoms with Crippen LogP contribution in [0.4, 0.5) is 13.2 Å². The van der Waals surface area contributed by atoms with Gasteiger partial charge < -0.3 is 18.9 Å². The third-order valence-electron chi connectivity index (χ3n) is 3.78. The van der Waals surface area contributed by atoms with Crippen molar-refractivity contribution in [3.63, 3.8) is 0 Å². The summed E-state index contributed by atoms with van der Waals surface area (Å²) in [5.41, 5.74) is 0.0297. The average molecular weight is 442 g/mol. The van der Waals surface area contributed by atoms with Crippen LogP contribution in [-0.2, 0) is 15.7 Å². The van der Waals surface area contributed by atoms with Gasteiger partial charge >= 0.3 is 12.1 Å². The summed E-state index contributed by atoms with van der Waals surface area (Å²) < 4.78 is 58.4. The minimum Gasteiger partial charge on any atom is -0.493 e. The molecule has 0 heterocycles. The number of hydrogen-bond acceptors (Lipinski definition) is 6. The van der Waals surface area contributed by atoms with Gasteiger partial charge in [-0.15, -0.1) is 11.8 Å². The van der Waals surface area contributed by atoms with E-state index in [1.54, 1.807) is 12.1 Å². The lowest BCUT2D eigenvalue weighted by Crippen LogP contribution is -2.12. The Bertz CT molecular complexity index is 866. The van der Waals surface area contributed by atoms with E-state index in [1.807, 2.05) is 6.07 Å². The smallest absolute Gasteiger partial charge is 0.416 e. The second kappa shape index (κ2) is 10.8. The van der Waals surface area contributed by atoms with Crippen molar-refractivity contribution in [3.05, 3.63) is 60.2 Å². The zero-order valence-corrected chi connectivity index (χ0v) is 17.3. The van der Waals surface area contributed by atoms with Gasteiger partial charge in [0.05, 0.1) is 19.8 Å². The van der Waals surface area contributed by atoms with Crippen molar-refractivity contribution in [2.75, 3.05) is 33.2 Å². The molecule has 2 aromatic rings. The largest absolute Gasteiger partial charge is 0.493 e. The Balaban J connectivity index is 1.84. The number of alkyl halides is 3. The SMILES string of the molecule is C=C(COc1ccc(C(F)(F)F)cc1)CSc1ccc(OCC(=O)OC)c(OC)c1. The van der Waals surface area contributed by atoms with Crippen LogP contribution < -0.4 is 14.2 Å². The van der Waals surface area contributed by atoms with E-state index in [-0.39, 0.29) is 13.2 Å². The Morgan fingerprint density at radius 1 is 1.00 bits per heavy atom. The average Bonchev–Trinajstić information content (AvgIpc) is 2.74. The highest BCUT2D eigenvalue weighted by Gasteiger charge is 2.30. The van der Waals surface area contributed by atoms with Crippen LogP contribution >= 0.6 is 11.8 Å². The maximum atomic E-state index is 12.6. The first-order valence-electron chi connectivity index (χ1n) is 8.70. The molecule has 162 valence electrons. The molecule has 0 aliphatic carbocycles. The lowest BCUT2D eigenvalue weighted by atomic mass is 10.2. The monoisotopic (exact) mass is 442 g/mol. The van der Waals surface area contributed by atoms with Crippen molar-refractivity contribution in [3.8, 4) is 17.2 Å². The van der Waals surface area contributed by atoms with E-state index in [9.17, 15) is 18.0 Å². The molecule has 0 saturated carbocycles. The van der Waals surface area contributed by atoms with Gasteiger partial charge in [0.25, 0.3) is 0 Å². The number of benzene rings is 2. The van der Waals surface area contributed by atoms with Crippen LogP contribution in [0.1, 0.15) is 5.56 Å². The van der Waals surface area contributed by atoms with E-state index in [2.05, 4.69) is 11.3 Å². The molecular weight excluding hydrogens is 421 g/mol. The predicted molar refractivity (Wildman–Crippen MR) is 107 cm³/mol. The Morgan fingerprint density at radius 2 is 1.70 bits per heavy atom. The number of carbonyl (C=O) groups excluding carboxylic acids is 1. The normalized spacial score (nSPS) is 11.0. The fourth-order valence-corrected chi connectivity index (χ4v) is 3.01. The van der Waals surface area contributed by atoms with Crippen LogP contribution in [0.2, 0.25) is 0 Å². The maximum absolute atomic E-state index is 12.6. The van der Waals surface area contributed by atoms with E-state index < -0.39 is 17.7 Å². The molecule has 5 nitrogen and oxygen atoms in total. The van der Waals surface area contributed by atoms with Crippen LogP contribution in [0.5, 0.6) is 17.2 Å². The fraction of sp³-hybridized carbons (Fsp3) is 0.286. The predicted octanol–water partition coefficient (Wildman–Crippen LogP) is 4.99. The van der Waals surface area contributed by atoms with Gasteiger partial charge in [0, 0.05) is 10.6 Å². The van der Waals surface area contributed by atoms with Crippen LogP contribution in [-0.4, -0.2) is 39.2 Å². The van der Waals surface area contributed by atoms with Gasteiger partial charge in [-0.25, -0.2) is 4.79 Å². The first kappa shape index (κ1) is 23.5. The van der Waals surface area contributed by atoms with Crippen molar-refractivity contribution in [2.45, 2.75) is 11.1 Å². The van der Waals surface area contributed by atoms with E-state index >= 15 is 0 Å². The highest BCUT2D eigenvalue weighted by atomic mass is 32.2. The number of esters is 1. The Labute approximate surface area is 176 Å². The molecule has 0 bridgehead atoms. The summed E-state index contributed by atoms with van der Waals surface area (Å²) in [6.07, 6.45) is -4.38. The van der Waals surface area contributed by atoms with E-state index in [0.717, 1.165) is 22.6 Å². The van der Waals surface area contributed by atoms with Gasteiger partial charge in [-0.1, -0.05) is 6.58 Å². The standard InChI is InChI=1S/C21H21F3O5S/c1-14(11-28-16-6-4-15(5-7-16)21(22,23)24)13-30-17-8-9-18(19(10-17)26-2)29-12-20(25)27-3/h4-10H,1,11-13H2,2-3H3. The quantitative estimate of drug-likeness (QED) is 0.294. The minimum absolute atomic E-state index is 0.176. The molecule has 0 fully saturated rings. The lowest BCUT2D eigenvalue weighted by molar-refractivity contribution is -0.143. The Morgan fingerprint density at radius 3 is 2.30 bits per heavy atom. The van der Waals surface area contributed by atoms with E-state index in [0.29, 0.717) is 23.0 Å². The third kappa shape index (κ3) is 7.22. The molecule has 0 radical (unpaired) electrons. The Hall–Kier alpha value is -2.81. The summed E-state index contributed by atoms with van der Waals surface area (Å²) in [6.45, 7) is 3.88. The van der Waals surface area contributed by atoms with Crippen LogP contribution in [0.3, 0.4) is 0 Å². The number of rotatable bonds is 10. The second-order valence-corrected chi connectivity index (χ2v) is 7.08. The zero-order chi connectivity index (χ0) is 22.1. The number of halogens is 3. The summed E-state index contributed by atoms with van der Waals surface area (Å²) in [5.74, 6) is 1.25. The molecule has 0 aliphatic rings. The number of carbonyl (C=O) groups is 1. The molecule has 0 unspecified atom stereocenters. The molecule has 9 heteroatoms. The van der Waals surface area contributed by atoms with Gasteiger partial charge in [-0.2, -0.15) is 13.2 Å². The minimum atomic E-state index is -4.38. The summed E-state index contributed by atoms with van der Waals surface area (Å²) >= 11 is 1.48. The van der Waals surface area contributed by atoms with Crippen molar-refractivity contribution in [1.29, 1.82) is 0 Å². The van der Waals surface area contributed by atoms with E-state index in [1.165, 1.54) is 38.1 Å². The lowest BCUT2D eigenvalue weighted by Gasteiger charge is -2.12. The van der Waals surface area contributed by atoms with Crippen LogP contribution in [0, 0.1) is 0 Å². The van der Waals surface area contributed by atoms with Gasteiger partial charge in [-0.05, 0) is 48.0 Å². The van der Waals surface area contributed by atoms with Crippen molar-refractivity contribution in [1.82, 2.24) is 0 Å². The molecule has 0 amide bonds. The number of methoxy groups -OCH3 is 2. The summed E-state index contributed by atoms with van der Waals surface area (Å²) in [6, 6.07) is 9.77. The van der Waals surface area contributed by atoms with Gasteiger partial charge in [-0.3, -0.25) is 0 Å². The maximum Gasteiger partial charge on any atom is 0.416 e. The van der Waals surface area contributed by atoms with Crippen molar-refractivity contribution < 1.29 is 36.9 Å². The molecule has 0 N–H and O–H groups in total. The molecule has 30 heavy (non-hydrogen) atoms. The van der Waals surface area contributed by atoms with E-state index in [4.69, 9.17) is 14.2 Å². The fourth-order valence-electron chi connectivity index (χ4n) is 2.21. The number of hydrogen-bond donors (Lipinski definition) is 0. The highest BCUT2D eigenvalue weighted by molar-refractivity contribution is 7.99. The first-order chi connectivity index (χ1) is 14.2. The van der Waals surface area contributed by atoms with Gasteiger partial charge in [0.15, 0.2) is 18.1 Å². The molecule has 0 aliphatic heterocycles. The van der Waals surface area contributed by atoms with Crippen molar-refractivity contribution >= 4 is 17.7 Å². The van der Waals surface area contributed by atoms with Gasteiger partial charge in [0.1, 0.15) is 12.4 Å². The molecule has 0 saturated heterocycles. The number of ether oxygens (including phenoxy) is 4. The Kier molecular flexibility index (Phi) is 8.46. The van der Waals surface area contributed by atoms with Crippen LogP contribution in [0.15, 0.2) is 59.5 Å². The van der Waals surface area contributed by atoms with Gasteiger partial charge in [0.2, 0.25) is 0 Å². The third-order valence-corrected chi connectivity index (χ3v) is 4.92.